The number of carboxylic acids is 1. The summed E-state index contributed by atoms with van der Waals surface area (Å²) in [7, 11) is 4.10. The number of likely N-dealkylation sites (N-methyl/N-ethyl adjacent to an activating group) is 1. The van der Waals surface area contributed by atoms with Gasteiger partial charge in [0.15, 0.2) is 0 Å². The molecule has 180 valence electrons. The highest BCUT2D eigenvalue weighted by Gasteiger charge is 2.35. The molecule has 1 aliphatic heterocycles. The molecule has 0 saturated heterocycles. The normalized spacial score (nSPS) is 15.3. The summed E-state index contributed by atoms with van der Waals surface area (Å²) in [6.07, 6.45) is 1.36. The third-order valence-electron chi connectivity index (χ3n) is 5.98. The molecule has 0 radical (unpaired) electrons. The number of anilines is 1. The maximum absolute atomic E-state index is 13.2. The molecule has 3 aromatic carbocycles. The van der Waals surface area contributed by atoms with Crippen LogP contribution in [0.2, 0.25) is 0 Å². The number of benzene rings is 3. The Morgan fingerprint density at radius 3 is 2.51 bits per heavy atom. The van der Waals surface area contributed by atoms with E-state index in [1.54, 1.807) is 0 Å². The molecule has 0 aromatic heterocycles. The van der Waals surface area contributed by atoms with E-state index in [0.29, 0.717) is 12.1 Å². The van der Waals surface area contributed by atoms with Crippen LogP contribution >= 0.6 is 15.9 Å². The van der Waals surface area contributed by atoms with Crippen LogP contribution in [-0.4, -0.2) is 48.2 Å². The van der Waals surface area contributed by atoms with Crippen LogP contribution < -0.4 is 5.32 Å². The zero-order chi connectivity index (χ0) is 24.9. The minimum absolute atomic E-state index is 0.0463. The van der Waals surface area contributed by atoms with Crippen LogP contribution in [0.5, 0.6) is 0 Å². The lowest BCUT2D eigenvalue weighted by molar-refractivity contribution is -0.137. The Hall–Kier alpha value is -3.29. The minimum atomic E-state index is -0.839. The van der Waals surface area contributed by atoms with Crippen molar-refractivity contribution in [2.45, 2.75) is 25.2 Å². The second-order valence-electron chi connectivity index (χ2n) is 8.97. The number of carbonyl (C=O) groups is 2. The highest BCUT2D eigenvalue weighted by molar-refractivity contribution is 9.10. The maximum atomic E-state index is 13.2. The van der Waals surface area contributed by atoms with E-state index in [9.17, 15) is 9.59 Å². The zero-order valence-corrected chi connectivity index (χ0v) is 21.4. The number of aliphatic imine (C=N–C) groups is 1. The van der Waals surface area contributed by atoms with Gasteiger partial charge < -0.3 is 15.3 Å². The smallest absolute Gasteiger partial charge is 0.303 e. The summed E-state index contributed by atoms with van der Waals surface area (Å²) in [5, 5.41) is 12.1. The van der Waals surface area contributed by atoms with Crippen LogP contribution in [0.25, 0.3) is 0 Å². The molecule has 7 heteroatoms. The SMILES string of the molecule is CN(C)CCc1cccc(N=C(c2cccc(CCC(=O)O)c2)C2C(=O)Nc3cc(Br)ccc32)c1. The van der Waals surface area contributed by atoms with Crippen LogP contribution in [-0.2, 0) is 22.4 Å². The highest BCUT2D eigenvalue weighted by Crippen LogP contribution is 2.38. The summed E-state index contributed by atoms with van der Waals surface area (Å²) in [6, 6.07) is 21.5. The van der Waals surface area contributed by atoms with Gasteiger partial charge in [0, 0.05) is 23.1 Å². The quantitative estimate of drug-likeness (QED) is 0.359. The number of aryl methyl sites for hydroxylation is 1. The number of halogens is 1. The first-order valence-corrected chi connectivity index (χ1v) is 12.3. The van der Waals surface area contributed by atoms with E-state index >= 15 is 0 Å². The van der Waals surface area contributed by atoms with Gasteiger partial charge in [-0.05, 0) is 79.5 Å². The first-order valence-electron chi connectivity index (χ1n) is 11.5. The van der Waals surface area contributed by atoms with Crippen molar-refractivity contribution in [2.75, 3.05) is 26.0 Å². The molecule has 1 heterocycles. The van der Waals surface area contributed by atoms with E-state index in [1.165, 1.54) is 5.56 Å². The second kappa shape index (κ2) is 11.0. The van der Waals surface area contributed by atoms with Gasteiger partial charge in [-0.15, -0.1) is 0 Å². The van der Waals surface area contributed by atoms with Crippen molar-refractivity contribution >= 4 is 44.9 Å². The minimum Gasteiger partial charge on any atom is -0.481 e. The average Bonchev–Trinajstić information content (AvgIpc) is 3.14. The van der Waals surface area contributed by atoms with E-state index in [-0.39, 0.29) is 12.3 Å². The molecule has 1 unspecified atom stereocenters. The van der Waals surface area contributed by atoms with Gasteiger partial charge in [-0.3, -0.25) is 14.6 Å². The van der Waals surface area contributed by atoms with Crippen LogP contribution in [0.1, 0.15) is 34.6 Å². The number of hydrogen-bond donors (Lipinski definition) is 2. The summed E-state index contributed by atoms with van der Waals surface area (Å²) in [6.45, 7) is 0.929. The van der Waals surface area contributed by atoms with Crippen LogP contribution in [0, 0.1) is 0 Å². The van der Waals surface area contributed by atoms with Gasteiger partial charge >= 0.3 is 5.97 Å². The van der Waals surface area contributed by atoms with Gasteiger partial charge in [-0.25, -0.2) is 0 Å². The van der Waals surface area contributed by atoms with Crippen molar-refractivity contribution < 1.29 is 14.7 Å². The number of hydrogen-bond acceptors (Lipinski definition) is 4. The molecule has 6 nitrogen and oxygen atoms in total. The number of amides is 1. The van der Waals surface area contributed by atoms with Gasteiger partial charge in [-0.1, -0.05) is 52.3 Å². The standard InChI is InChI=1S/C28H28BrN3O3/c1-32(2)14-13-19-6-4-8-22(16-19)30-27(20-7-3-5-18(15-20)9-12-25(33)34)26-23-11-10-21(29)17-24(23)31-28(26)35/h3-8,10-11,15-17,26H,9,12-14H2,1-2H3,(H,31,35)(H,33,34). The van der Waals surface area contributed by atoms with E-state index in [2.05, 4.69) is 38.3 Å². The molecule has 4 rings (SSSR count). The fourth-order valence-corrected chi connectivity index (χ4v) is 4.57. The molecule has 3 aromatic rings. The number of nitrogens with one attached hydrogen (secondary N) is 1. The first-order chi connectivity index (χ1) is 16.8. The van der Waals surface area contributed by atoms with Crippen molar-refractivity contribution in [1.29, 1.82) is 0 Å². The fourth-order valence-electron chi connectivity index (χ4n) is 4.21. The molecule has 0 aliphatic carbocycles. The summed E-state index contributed by atoms with van der Waals surface area (Å²) in [5.41, 5.74) is 5.94. The Morgan fingerprint density at radius 2 is 1.77 bits per heavy atom. The third-order valence-corrected chi connectivity index (χ3v) is 6.47. The molecule has 0 bridgehead atoms. The predicted octanol–water partition coefficient (Wildman–Crippen LogP) is 5.43. The number of rotatable bonds is 9. The number of carbonyl (C=O) groups excluding carboxylic acids is 1. The third kappa shape index (κ3) is 6.24. The van der Waals surface area contributed by atoms with E-state index in [1.807, 2.05) is 68.7 Å². The van der Waals surface area contributed by atoms with Crippen LogP contribution in [0.4, 0.5) is 11.4 Å². The monoisotopic (exact) mass is 533 g/mol. The van der Waals surface area contributed by atoms with Crippen molar-refractivity contribution in [1.82, 2.24) is 4.90 Å². The Balaban J connectivity index is 1.79. The Morgan fingerprint density at radius 1 is 1.03 bits per heavy atom. The molecule has 1 atom stereocenters. The van der Waals surface area contributed by atoms with Crippen molar-refractivity contribution in [2.24, 2.45) is 4.99 Å². The Labute approximate surface area is 213 Å². The lowest BCUT2D eigenvalue weighted by atomic mass is 9.89. The Bertz CT molecular complexity index is 1290. The van der Waals surface area contributed by atoms with Crippen LogP contribution in [0.3, 0.4) is 0 Å². The topological polar surface area (TPSA) is 82.0 Å². The van der Waals surface area contributed by atoms with E-state index < -0.39 is 11.9 Å². The largest absolute Gasteiger partial charge is 0.481 e. The first kappa shape index (κ1) is 24.8. The molecule has 0 fully saturated rings. The molecular formula is C28H28BrN3O3. The second-order valence-corrected chi connectivity index (χ2v) is 9.88. The van der Waals surface area contributed by atoms with Crippen LogP contribution in [0.15, 0.2) is 76.2 Å². The number of carboxylic acid groups (broad SMARTS) is 1. The molecule has 0 spiro atoms. The van der Waals surface area contributed by atoms with Crippen molar-refractivity contribution in [3.63, 3.8) is 0 Å². The lowest BCUT2D eigenvalue weighted by Crippen LogP contribution is -2.22. The summed E-state index contributed by atoms with van der Waals surface area (Å²) >= 11 is 3.48. The molecular weight excluding hydrogens is 506 g/mol. The zero-order valence-electron chi connectivity index (χ0n) is 19.8. The summed E-state index contributed by atoms with van der Waals surface area (Å²) < 4.78 is 0.889. The van der Waals surface area contributed by atoms with E-state index in [4.69, 9.17) is 10.1 Å². The van der Waals surface area contributed by atoms with Gasteiger partial charge in [0.2, 0.25) is 5.91 Å². The fraction of sp³-hybridized carbons (Fsp3) is 0.250. The average molecular weight is 534 g/mol. The maximum Gasteiger partial charge on any atom is 0.303 e. The molecule has 0 saturated carbocycles. The van der Waals surface area contributed by atoms with Crippen molar-refractivity contribution in [3.05, 3.63) is 93.5 Å². The Kier molecular flexibility index (Phi) is 7.78. The molecule has 1 amide bonds. The van der Waals surface area contributed by atoms with Gasteiger partial charge in [-0.2, -0.15) is 0 Å². The number of nitrogens with zero attached hydrogens (tertiary/aromatic N) is 2. The van der Waals surface area contributed by atoms with Gasteiger partial charge in [0.05, 0.1) is 11.4 Å². The van der Waals surface area contributed by atoms with E-state index in [0.717, 1.165) is 45.5 Å². The molecule has 2 N–H and O–H groups in total. The number of aliphatic carboxylic acids is 1. The number of fused-ring (bicyclic) bond motifs is 1. The molecule has 35 heavy (non-hydrogen) atoms. The highest BCUT2D eigenvalue weighted by atomic mass is 79.9. The van der Waals surface area contributed by atoms with Crippen molar-refractivity contribution in [3.8, 4) is 0 Å². The predicted molar refractivity (Wildman–Crippen MR) is 143 cm³/mol. The van der Waals surface area contributed by atoms with Gasteiger partial charge in [0.1, 0.15) is 5.92 Å². The summed E-state index contributed by atoms with van der Waals surface area (Å²) in [4.78, 5) is 31.5. The summed E-state index contributed by atoms with van der Waals surface area (Å²) in [5.74, 6) is -1.54. The molecule has 1 aliphatic rings. The lowest BCUT2D eigenvalue weighted by Gasteiger charge is -2.15. The van der Waals surface area contributed by atoms with Gasteiger partial charge in [0.25, 0.3) is 0 Å².